The number of hydrogen-bond donors (Lipinski definition) is 1. The van der Waals surface area contributed by atoms with Crippen LogP contribution < -0.4 is 5.32 Å². The fourth-order valence-corrected chi connectivity index (χ4v) is 1.88. The van der Waals surface area contributed by atoms with Gasteiger partial charge in [-0.25, -0.2) is 4.39 Å². The Morgan fingerprint density at radius 1 is 1.47 bits per heavy atom. The van der Waals surface area contributed by atoms with Gasteiger partial charge in [-0.15, -0.1) is 0 Å². The molecule has 0 saturated heterocycles. The van der Waals surface area contributed by atoms with Gasteiger partial charge in [-0.05, 0) is 29.0 Å². The molecule has 17 heavy (non-hydrogen) atoms. The molecular formula is C11H14FIN2O2. The van der Waals surface area contributed by atoms with Crippen LogP contribution in [0, 0.1) is 19.5 Å². The molecule has 94 valence electrons. The lowest BCUT2D eigenvalue weighted by Crippen LogP contribution is -2.05. The number of halogens is 2. The molecule has 0 aliphatic carbocycles. The first-order chi connectivity index (χ1) is 8.06. The van der Waals surface area contributed by atoms with Crippen molar-refractivity contribution in [2.45, 2.75) is 26.2 Å². The van der Waals surface area contributed by atoms with E-state index in [0.717, 1.165) is 19.3 Å². The zero-order chi connectivity index (χ0) is 12.8. The lowest BCUT2D eigenvalue weighted by molar-refractivity contribution is -0.384. The summed E-state index contributed by atoms with van der Waals surface area (Å²) < 4.78 is 13.6. The molecule has 0 aromatic heterocycles. The van der Waals surface area contributed by atoms with E-state index in [1.807, 2.05) is 0 Å². The number of anilines is 1. The van der Waals surface area contributed by atoms with E-state index in [4.69, 9.17) is 0 Å². The molecule has 0 aliphatic heterocycles. The van der Waals surface area contributed by atoms with Gasteiger partial charge in [0, 0.05) is 18.7 Å². The van der Waals surface area contributed by atoms with Crippen LogP contribution in [-0.4, -0.2) is 11.5 Å². The van der Waals surface area contributed by atoms with Gasteiger partial charge in [-0.3, -0.25) is 10.1 Å². The molecule has 0 fully saturated rings. The SMILES string of the molecule is CCCCCNc1cc(F)c(I)cc1[N+](=O)[O-]. The highest BCUT2D eigenvalue weighted by atomic mass is 127. The number of hydrogen-bond acceptors (Lipinski definition) is 3. The molecule has 0 bridgehead atoms. The molecule has 0 amide bonds. The molecule has 0 radical (unpaired) electrons. The van der Waals surface area contributed by atoms with Gasteiger partial charge in [0.15, 0.2) is 0 Å². The van der Waals surface area contributed by atoms with Crippen LogP contribution in [0.25, 0.3) is 0 Å². The summed E-state index contributed by atoms with van der Waals surface area (Å²) in [6, 6.07) is 2.43. The number of unbranched alkanes of at least 4 members (excludes halogenated alkanes) is 2. The Morgan fingerprint density at radius 3 is 2.76 bits per heavy atom. The maximum atomic E-state index is 13.3. The first-order valence-electron chi connectivity index (χ1n) is 5.43. The fourth-order valence-electron chi connectivity index (χ4n) is 1.43. The maximum absolute atomic E-state index is 13.3. The van der Waals surface area contributed by atoms with Gasteiger partial charge in [0.05, 0.1) is 8.49 Å². The average Bonchev–Trinajstić information content (AvgIpc) is 2.28. The van der Waals surface area contributed by atoms with Gasteiger partial charge in [0.25, 0.3) is 5.69 Å². The summed E-state index contributed by atoms with van der Waals surface area (Å²) in [5, 5.41) is 13.7. The highest BCUT2D eigenvalue weighted by molar-refractivity contribution is 14.1. The number of rotatable bonds is 6. The van der Waals surface area contributed by atoms with E-state index in [2.05, 4.69) is 12.2 Å². The third-order valence-corrected chi connectivity index (χ3v) is 3.16. The minimum Gasteiger partial charge on any atom is -0.379 e. The Bertz CT molecular complexity index is 413. The third-order valence-electron chi connectivity index (χ3n) is 2.33. The second kappa shape index (κ2) is 6.73. The molecule has 1 aromatic carbocycles. The third kappa shape index (κ3) is 4.10. The second-order valence-electron chi connectivity index (χ2n) is 3.67. The van der Waals surface area contributed by atoms with E-state index < -0.39 is 10.7 Å². The van der Waals surface area contributed by atoms with Crippen molar-refractivity contribution in [3.05, 3.63) is 31.6 Å². The van der Waals surface area contributed by atoms with Crippen molar-refractivity contribution < 1.29 is 9.31 Å². The van der Waals surface area contributed by atoms with Crippen LogP contribution in [0.1, 0.15) is 26.2 Å². The van der Waals surface area contributed by atoms with Crippen LogP contribution in [0.3, 0.4) is 0 Å². The summed E-state index contributed by atoms with van der Waals surface area (Å²) in [7, 11) is 0. The Balaban J connectivity index is 2.81. The van der Waals surface area contributed by atoms with Crippen LogP contribution in [-0.2, 0) is 0 Å². The van der Waals surface area contributed by atoms with Crippen molar-refractivity contribution in [1.82, 2.24) is 0 Å². The predicted octanol–water partition coefficient (Wildman–Crippen LogP) is 3.94. The smallest absolute Gasteiger partial charge is 0.293 e. The summed E-state index contributed by atoms with van der Waals surface area (Å²) in [4.78, 5) is 10.3. The van der Waals surface area contributed by atoms with Crippen LogP contribution in [0.2, 0.25) is 0 Å². The highest BCUT2D eigenvalue weighted by Gasteiger charge is 2.16. The Morgan fingerprint density at radius 2 is 2.18 bits per heavy atom. The van der Waals surface area contributed by atoms with Crippen LogP contribution >= 0.6 is 22.6 Å². The van der Waals surface area contributed by atoms with E-state index in [1.165, 1.54) is 12.1 Å². The quantitative estimate of drug-likeness (QED) is 0.365. The lowest BCUT2D eigenvalue weighted by Gasteiger charge is -2.07. The van der Waals surface area contributed by atoms with Crippen LogP contribution in [0.5, 0.6) is 0 Å². The van der Waals surface area contributed by atoms with E-state index in [-0.39, 0.29) is 14.9 Å². The zero-order valence-electron chi connectivity index (χ0n) is 9.50. The van der Waals surface area contributed by atoms with Crippen molar-refractivity contribution in [2.24, 2.45) is 0 Å². The molecule has 6 heteroatoms. The summed E-state index contributed by atoms with van der Waals surface area (Å²) in [6.07, 6.45) is 3.04. The molecule has 0 heterocycles. The number of nitro benzene ring substituents is 1. The molecule has 0 aliphatic rings. The molecule has 1 N–H and O–H groups in total. The molecular weight excluding hydrogens is 338 g/mol. The molecule has 0 saturated carbocycles. The number of nitrogens with one attached hydrogen (secondary N) is 1. The Kier molecular flexibility index (Phi) is 5.60. The Labute approximate surface area is 113 Å². The van der Waals surface area contributed by atoms with Crippen LogP contribution in [0.15, 0.2) is 12.1 Å². The van der Waals surface area contributed by atoms with Crippen molar-refractivity contribution in [3.8, 4) is 0 Å². The van der Waals surface area contributed by atoms with E-state index >= 15 is 0 Å². The van der Waals surface area contributed by atoms with Crippen molar-refractivity contribution in [3.63, 3.8) is 0 Å². The van der Waals surface area contributed by atoms with Crippen LogP contribution in [0.4, 0.5) is 15.8 Å². The minimum atomic E-state index is -0.496. The molecule has 0 spiro atoms. The number of nitro groups is 1. The Hall–Kier alpha value is -0.920. The van der Waals surface area contributed by atoms with E-state index in [0.29, 0.717) is 6.54 Å². The predicted molar refractivity (Wildman–Crippen MR) is 73.8 cm³/mol. The first-order valence-corrected chi connectivity index (χ1v) is 6.51. The van der Waals surface area contributed by atoms with Crippen molar-refractivity contribution in [1.29, 1.82) is 0 Å². The number of benzene rings is 1. The fraction of sp³-hybridized carbons (Fsp3) is 0.455. The minimum absolute atomic E-state index is 0.0766. The molecule has 1 aromatic rings. The second-order valence-corrected chi connectivity index (χ2v) is 4.84. The standard InChI is InChI=1S/C11H14FIN2O2/c1-2-3-4-5-14-10-6-8(12)9(13)7-11(10)15(16)17/h6-7,14H,2-5H2,1H3. The van der Waals surface area contributed by atoms with Crippen molar-refractivity contribution >= 4 is 34.0 Å². The van der Waals surface area contributed by atoms with Crippen molar-refractivity contribution in [2.75, 3.05) is 11.9 Å². The normalized spacial score (nSPS) is 10.3. The molecule has 4 nitrogen and oxygen atoms in total. The topological polar surface area (TPSA) is 55.2 Å². The van der Waals surface area contributed by atoms with Gasteiger partial charge >= 0.3 is 0 Å². The van der Waals surface area contributed by atoms with E-state index in [9.17, 15) is 14.5 Å². The van der Waals surface area contributed by atoms with Gasteiger partial charge in [-0.2, -0.15) is 0 Å². The van der Waals surface area contributed by atoms with Gasteiger partial charge in [-0.1, -0.05) is 19.8 Å². The summed E-state index contributed by atoms with van der Waals surface area (Å²) in [5.41, 5.74) is 0.177. The number of nitrogens with zero attached hydrogens (tertiary/aromatic N) is 1. The van der Waals surface area contributed by atoms with Gasteiger partial charge in [0.2, 0.25) is 0 Å². The van der Waals surface area contributed by atoms with Gasteiger partial charge in [0.1, 0.15) is 11.5 Å². The molecule has 1 rings (SSSR count). The summed E-state index contributed by atoms with van der Waals surface area (Å²) in [6.45, 7) is 2.70. The zero-order valence-corrected chi connectivity index (χ0v) is 11.7. The molecule has 0 atom stereocenters. The molecule has 0 unspecified atom stereocenters. The van der Waals surface area contributed by atoms with Gasteiger partial charge < -0.3 is 5.32 Å². The lowest BCUT2D eigenvalue weighted by atomic mass is 10.2. The average molecular weight is 352 g/mol. The maximum Gasteiger partial charge on any atom is 0.293 e. The summed E-state index contributed by atoms with van der Waals surface area (Å²) in [5.74, 6) is -0.436. The highest BCUT2D eigenvalue weighted by Crippen LogP contribution is 2.28. The first kappa shape index (κ1) is 14.1. The monoisotopic (exact) mass is 352 g/mol. The van der Waals surface area contributed by atoms with E-state index in [1.54, 1.807) is 22.6 Å². The summed E-state index contributed by atoms with van der Waals surface area (Å²) >= 11 is 1.74. The largest absolute Gasteiger partial charge is 0.379 e.